The monoisotopic (exact) mass is 320 g/mol. The lowest BCUT2D eigenvalue weighted by Crippen LogP contribution is -2.22. The summed E-state index contributed by atoms with van der Waals surface area (Å²) in [6, 6.07) is 3.92. The smallest absolute Gasteiger partial charge is 0.335 e. The summed E-state index contributed by atoms with van der Waals surface area (Å²) in [6.07, 6.45) is 2.20. The molecule has 1 heterocycles. The van der Waals surface area contributed by atoms with E-state index in [2.05, 4.69) is 24.7 Å². The number of carbonyl (C=O) groups excluding carboxylic acids is 1. The second-order valence-corrected chi connectivity index (χ2v) is 12.0. The number of aromatic nitrogens is 2. The Labute approximate surface area is 129 Å². The largest absolute Gasteiger partial charge is 0.478 e. The summed E-state index contributed by atoms with van der Waals surface area (Å²) in [7, 11) is -1.15. The van der Waals surface area contributed by atoms with Crippen LogP contribution in [0, 0.1) is 0 Å². The lowest BCUT2D eigenvalue weighted by Gasteiger charge is -2.15. The van der Waals surface area contributed by atoms with Crippen LogP contribution in [0.4, 0.5) is 0 Å². The zero-order valence-electron chi connectivity index (χ0n) is 13.0. The molecule has 0 radical (unpaired) electrons. The minimum absolute atomic E-state index is 0.0776. The highest BCUT2D eigenvalue weighted by atomic mass is 28.3. The molecule has 118 valence electrons. The van der Waals surface area contributed by atoms with Crippen molar-refractivity contribution in [3.8, 4) is 0 Å². The van der Waals surface area contributed by atoms with Gasteiger partial charge in [0.1, 0.15) is 6.73 Å². The van der Waals surface area contributed by atoms with E-state index in [4.69, 9.17) is 9.84 Å². The number of carboxylic acid groups (broad SMARTS) is 1. The predicted molar refractivity (Wildman–Crippen MR) is 86.2 cm³/mol. The molecule has 0 aliphatic carbocycles. The second kappa shape index (κ2) is 6.41. The number of rotatable bonds is 7. The Hall–Kier alpha value is -1.99. The molecule has 0 aliphatic heterocycles. The number of ether oxygens (including phenoxy) is 1. The molecule has 1 aromatic heterocycles. The average molecular weight is 320 g/mol. The average Bonchev–Trinajstić information content (AvgIpc) is 2.84. The van der Waals surface area contributed by atoms with Gasteiger partial charge in [0, 0.05) is 25.6 Å². The molecule has 1 aromatic carbocycles. The lowest BCUT2D eigenvalue weighted by molar-refractivity contribution is 0.0697. The van der Waals surface area contributed by atoms with Crippen molar-refractivity contribution >= 4 is 31.2 Å². The van der Waals surface area contributed by atoms with Crippen LogP contribution in [-0.4, -0.2) is 41.8 Å². The molecule has 0 spiro atoms. The summed E-state index contributed by atoms with van der Waals surface area (Å²) < 4.78 is 7.23. The Morgan fingerprint density at radius 2 is 2.14 bits per heavy atom. The van der Waals surface area contributed by atoms with Gasteiger partial charge in [-0.3, -0.25) is 4.79 Å². The first-order valence-electron chi connectivity index (χ1n) is 7.07. The molecule has 22 heavy (non-hydrogen) atoms. The fourth-order valence-corrected chi connectivity index (χ4v) is 2.86. The minimum Gasteiger partial charge on any atom is -0.478 e. The van der Waals surface area contributed by atoms with E-state index in [1.54, 1.807) is 10.9 Å². The molecule has 0 atom stereocenters. The molecule has 2 rings (SSSR count). The molecule has 0 unspecified atom stereocenters. The van der Waals surface area contributed by atoms with Gasteiger partial charge in [-0.25, -0.2) is 9.48 Å². The molecule has 0 amide bonds. The summed E-state index contributed by atoms with van der Waals surface area (Å²) >= 11 is 0. The molecule has 6 nitrogen and oxygen atoms in total. The van der Waals surface area contributed by atoms with E-state index in [1.165, 1.54) is 12.1 Å². The zero-order valence-corrected chi connectivity index (χ0v) is 14.0. The molecule has 0 saturated carbocycles. The second-order valence-electron chi connectivity index (χ2n) is 6.42. The van der Waals surface area contributed by atoms with E-state index < -0.39 is 14.0 Å². The quantitative estimate of drug-likeness (QED) is 0.482. The number of aromatic carboxylic acids is 1. The SMILES string of the molecule is C[Si](C)(C)CCOCn1ncc2cc(C(=O)O)cc(C=O)c21. The number of carboxylic acids is 1. The molecule has 0 fully saturated rings. The van der Waals surface area contributed by atoms with Gasteiger partial charge in [-0.1, -0.05) is 19.6 Å². The molecular formula is C15H20N2O4Si. The van der Waals surface area contributed by atoms with Crippen LogP contribution in [0.25, 0.3) is 10.9 Å². The maximum atomic E-state index is 11.2. The van der Waals surface area contributed by atoms with Gasteiger partial charge < -0.3 is 9.84 Å². The lowest BCUT2D eigenvalue weighted by atomic mass is 10.1. The molecule has 0 bridgehead atoms. The molecule has 2 aromatic rings. The van der Waals surface area contributed by atoms with Gasteiger partial charge >= 0.3 is 5.97 Å². The van der Waals surface area contributed by atoms with Crippen molar-refractivity contribution in [3.63, 3.8) is 0 Å². The Morgan fingerprint density at radius 1 is 1.41 bits per heavy atom. The number of benzene rings is 1. The highest BCUT2D eigenvalue weighted by molar-refractivity contribution is 6.76. The summed E-state index contributed by atoms with van der Waals surface area (Å²) in [4.78, 5) is 22.3. The molecule has 0 saturated heterocycles. The maximum absolute atomic E-state index is 11.2. The van der Waals surface area contributed by atoms with Crippen LogP contribution in [0.5, 0.6) is 0 Å². The topological polar surface area (TPSA) is 81.4 Å². The van der Waals surface area contributed by atoms with Gasteiger partial charge in [-0.15, -0.1) is 0 Å². The molecule has 0 aliphatic rings. The number of aldehydes is 1. The molecule has 1 N–H and O–H groups in total. The van der Waals surface area contributed by atoms with Crippen LogP contribution in [0.2, 0.25) is 25.7 Å². The third-order valence-electron chi connectivity index (χ3n) is 3.35. The van der Waals surface area contributed by atoms with Gasteiger partial charge in [0.2, 0.25) is 0 Å². The number of hydrogen-bond acceptors (Lipinski definition) is 4. The van der Waals surface area contributed by atoms with E-state index in [9.17, 15) is 9.59 Å². The third kappa shape index (κ3) is 3.80. The van der Waals surface area contributed by atoms with Crippen molar-refractivity contribution in [3.05, 3.63) is 29.5 Å². The Bertz CT molecular complexity index is 703. The number of fused-ring (bicyclic) bond motifs is 1. The van der Waals surface area contributed by atoms with Crippen molar-refractivity contribution in [1.82, 2.24) is 9.78 Å². The van der Waals surface area contributed by atoms with E-state index in [1.807, 2.05) is 0 Å². The Kier molecular flexibility index (Phi) is 4.77. The third-order valence-corrected chi connectivity index (χ3v) is 5.05. The van der Waals surface area contributed by atoms with Gasteiger partial charge in [0.25, 0.3) is 0 Å². The van der Waals surface area contributed by atoms with Crippen LogP contribution >= 0.6 is 0 Å². The standard InChI is InChI=1S/C15H20N2O4Si/c1-22(2,3)5-4-21-10-17-14-12(8-16-17)6-11(15(19)20)7-13(14)9-18/h6-9H,4-5,10H2,1-3H3,(H,19,20). The van der Waals surface area contributed by atoms with E-state index >= 15 is 0 Å². The minimum atomic E-state index is -1.15. The summed E-state index contributed by atoms with van der Waals surface area (Å²) in [5.41, 5.74) is 0.989. The van der Waals surface area contributed by atoms with Crippen molar-refractivity contribution in [2.75, 3.05) is 6.61 Å². The Balaban J connectivity index is 2.21. The van der Waals surface area contributed by atoms with E-state index in [-0.39, 0.29) is 12.3 Å². The van der Waals surface area contributed by atoms with Crippen LogP contribution in [0.1, 0.15) is 20.7 Å². The zero-order chi connectivity index (χ0) is 16.3. The van der Waals surface area contributed by atoms with Gasteiger partial charge in [-0.05, 0) is 18.2 Å². The Morgan fingerprint density at radius 3 is 2.73 bits per heavy atom. The highest BCUT2D eigenvalue weighted by Crippen LogP contribution is 2.20. The van der Waals surface area contributed by atoms with E-state index in [0.29, 0.717) is 29.4 Å². The summed E-state index contributed by atoms with van der Waals surface area (Å²) in [5, 5.41) is 13.9. The number of hydrogen-bond donors (Lipinski definition) is 1. The van der Waals surface area contributed by atoms with Crippen molar-refractivity contribution in [2.24, 2.45) is 0 Å². The van der Waals surface area contributed by atoms with Crippen molar-refractivity contribution in [2.45, 2.75) is 32.4 Å². The first-order valence-corrected chi connectivity index (χ1v) is 10.8. The van der Waals surface area contributed by atoms with E-state index in [0.717, 1.165) is 6.04 Å². The van der Waals surface area contributed by atoms with Gasteiger partial charge in [-0.2, -0.15) is 5.10 Å². The maximum Gasteiger partial charge on any atom is 0.335 e. The van der Waals surface area contributed by atoms with Crippen LogP contribution in [-0.2, 0) is 11.5 Å². The first-order chi connectivity index (χ1) is 10.3. The predicted octanol–water partition coefficient (Wildman–Crippen LogP) is 2.86. The fourth-order valence-electron chi connectivity index (χ4n) is 2.11. The number of nitrogens with zero attached hydrogens (tertiary/aromatic N) is 2. The molecular weight excluding hydrogens is 300 g/mol. The van der Waals surface area contributed by atoms with Crippen molar-refractivity contribution in [1.29, 1.82) is 0 Å². The first kappa shape index (κ1) is 16.4. The van der Waals surface area contributed by atoms with Crippen LogP contribution < -0.4 is 0 Å². The van der Waals surface area contributed by atoms with Crippen LogP contribution in [0.3, 0.4) is 0 Å². The van der Waals surface area contributed by atoms with Gasteiger partial charge in [0.05, 0.1) is 17.3 Å². The van der Waals surface area contributed by atoms with Crippen molar-refractivity contribution < 1.29 is 19.4 Å². The highest BCUT2D eigenvalue weighted by Gasteiger charge is 2.14. The normalized spacial score (nSPS) is 11.8. The fraction of sp³-hybridized carbons (Fsp3) is 0.400. The van der Waals surface area contributed by atoms with Gasteiger partial charge in [0.15, 0.2) is 6.29 Å². The molecule has 7 heteroatoms. The number of carbonyl (C=O) groups is 2. The summed E-state index contributed by atoms with van der Waals surface area (Å²) in [5.74, 6) is -1.07. The summed E-state index contributed by atoms with van der Waals surface area (Å²) in [6.45, 7) is 7.73. The van der Waals surface area contributed by atoms with Crippen LogP contribution in [0.15, 0.2) is 18.3 Å².